The Hall–Kier alpha value is -2.40. The standard InChI is InChI=1S/C20H17BrFNO2/c1-23(20(24)18-8-6-16(22)11-19(18)21)12-13-3-4-15-10-17(25-2)7-5-14(15)9-13/h3-11H,12H2,1-2H3. The number of hydrogen-bond acceptors (Lipinski definition) is 2. The summed E-state index contributed by atoms with van der Waals surface area (Å²) in [6.45, 7) is 0.463. The smallest absolute Gasteiger partial charge is 0.255 e. The zero-order valence-electron chi connectivity index (χ0n) is 13.9. The lowest BCUT2D eigenvalue weighted by molar-refractivity contribution is 0.0784. The number of fused-ring (bicyclic) bond motifs is 1. The molecular formula is C20H17BrFNO2. The van der Waals surface area contributed by atoms with Crippen molar-refractivity contribution in [3.63, 3.8) is 0 Å². The zero-order chi connectivity index (χ0) is 18.0. The van der Waals surface area contributed by atoms with Crippen LogP contribution in [-0.2, 0) is 6.54 Å². The van der Waals surface area contributed by atoms with Gasteiger partial charge in [-0.05, 0) is 68.7 Å². The topological polar surface area (TPSA) is 29.5 Å². The van der Waals surface area contributed by atoms with Crippen molar-refractivity contribution in [2.24, 2.45) is 0 Å². The highest BCUT2D eigenvalue weighted by atomic mass is 79.9. The third kappa shape index (κ3) is 3.82. The van der Waals surface area contributed by atoms with Gasteiger partial charge in [-0.3, -0.25) is 4.79 Å². The minimum atomic E-state index is -0.379. The minimum Gasteiger partial charge on any atom is -0.497 e. The summed E-state index contributed by atoms with van der Waals surface area (Å²) >= 11 is 3.25. The molecule has 128 valence electrons. The predicted molar refractivity (Wildman–Crippen MR) is 100 cm³/mol. The van der Waals surface area contributed by atoms with Crippen LogP contribution in [0.15, 0.2) is 59.1 Å². The number of halogens is 2. The molecule has 0 heterocycles. The lowest BCUT2D eigenvalue weighted by atomic mass is 10.1. The summed E-state index contributed by atoms with van der Waals surface area (Å²) in [7, 11) is 3.38. The van der Waals surface area contributed by atoms with Gasteiger partial charge in [0.2, 0.25) is 0 Å². The van der Waals surface area contributed by atoms with Crippen LogP contribution in [0, 0.1) is 5.82 Å². The molecule has 0 saturated carbocycles. The van der Waals surface area contributed by atoms with Gasteiger partial charge in [0.05, 0.1) is 12.7 Å². The molecule has 0 aliphatic heterocycles. The van der Waals surface area contributed by atoms with E-state index in [9.17, 15) is 9.18 Å². The molecule has 3 nitrogen and oxygen atoms in total. The lowest BCUT2D eigenvalue weighted by Crippen LogP contribution is -2.26. The second-order valence-corrected chi connectivity index (χ2v) is 6.69. The molecule has 0 aliphatic carbocycles. The number of rotatable bonds is 4. The second-order valence-electron chi connectivity index (χ2n) is 5.83. The Bertz CT molecular complexity index is 942. The fourth-order valence-electron chi connectivity index (χ4n) is 2.71. The molecule has 3 aromatic rings. The number of amides is 1. The summed E-state index contributed by atoms with van der Waals surface area (Å²) in [5.41, 5.74) is 1.46. The van der Waals surface area contributed by atoms with Gasteiger partial charge in [0.25, 0.3) is 5.91 Å². The molecule has 0 atom stereocenters. The van der Waals surface area contributed by atoms with Gasteiger partial charge in [-0.2, -0.15) is 0 Å². The average molecular weight is 402 g/mol. The molecule has 0 spiro atoms. The fraction of sp³-hybridized carbons (Fsp3) is 0.150. The maximum Gasteiger partial charge on any atom is 0.255 e. The van der Waals surface area contributed by atoms with Gasteiger partial charge in [-0.25, -0.2) is 4.39 Å². The number of ether oxygens (including phenoxy) is 1. The third-order valence-corrected chi connectivity index (χ3v) is 4.70. The van der Waals surface area contributed by atoms with E-state index in [-0.39, 0.29) is 11.7 Å². The summed E-state index contributed by atoms with van der Waals surface area (Å²) in [5, 5.41) is 2.17. The number of nitrogens with zero attached hydrogens (tertiary/aromatic N) is 1. The predicted octanol–water partition coefficient (Wildman–Crippen LogP) is 5.02. The maximum atomic E-state index is 13.2. The van der Waals surface area contributed by atoms with Crippen molar-refractivity contribution in [1.82, 2.24) is 4.90 Å². The van der Waals surface area contributed by atoms with E-state index < -0.39 is 0 Å². The van der Waals surface area contributed by atoms with Crippen LogP contribution in [0.5, 0.6) is 5.75 Å². The fourth-order valence-corrected chi connectivity index (χ4v) is 3.23. The monoisotopic (exact) mass is 401 g/mol. The Labute approximate surface area is 154 Å². The lowest BCUT2D eigenvalue weighted by Gasteiger charge is -2.18. The molecule has 5 heteroatoms. The van der Waals surface area contributed by atoms with Crippen molar-refractivity contribution in [1.29, 1.82) is 0 Å². The van der Waals surface area contributed by atoms with Crippen LogP contribution in [0.1, 0.15) is 15.9 Å². The summed E-state index contributed by atoms with van der Waals surface area (Å²) in [6, 6.07) is 16.0. The quantitative estimate of drug-likeness (QED) is 0.613. The van der Waals surface area contributed by atoms with E-state index in [1.807, 2.05) is 30.3 Å². The van der Waals surface area contributed by atoms with Crippen molar-refractivity contribution >= 4 is 32.6 Å². The Kier molecular flexibility index (Phi) is 5.04. The van der Waals surface area contributed by atoms with Crippen molar-refractivity contribution < 1.29 is 13.9 Å². The third-order valence-electron chi connectivity index (χ3n) is 4.04. The molecule has 3 rings (SSSR count). The molecule has 1 amide bonds. The Morgan fingerprint density at radius 1 is 1.08 bits per heavy atom. The van der Waals surface area contributed by atoms with Crippen LogP contribution in [0.25, 0.3) is 10.8 Å². The average Bonchev–Trinajstić information content (AvgIpc) is 2.60. The van der Waals surface area contributed by atoms with Gasteiger partial charge >= 0.3 is 0 Å². The molecule has 0 N–H and O–H groups in total. The van der Waals surface area contributed by atoms with Crippen LogP contribution < -0.4 is 4.74 Å². The highest BCUT2D eigenvalue weighted by Gasteiger charge is 2.15. The molecule has 0 aromatic heterocycles. The van der Waals surface area contributed by atoms with Gasteiger partial charge in [-0.1, -0.05) is 18.2 Å². The van der Waals surface area contributed by atoms with Crippen LogP contribution >= 0.6 is 15.9 Å². The second kappa shape index (κ2) is 7.23. The summed E-state index contributed by atoms with van der Waals surface area (Å²) in [4.78, 5) is 14.2. The van der Waals surface area contributed by atoms with Crippen molar-refractivity contribution in [3.8, 4) is 5.75 Å². The molecule has 0 radical (unpaired) electrons. The van der Waals surface area contributed by atoms with Gasteiger partial charge in [0.15, 0.2) is 0 Å². The van der Waals surface area contributed by atoms with Crippen LogP contribution in [0.4, 0.5) is 4.39 Å². The number of hydrogen-bond donors (Lipinski definition) is 0. The molecule has 0 aliphatic rings. The highest BCUT2D eigenvalue weighted by molar-refractivity contribution is 9.10. The Balaban J connectivity index is 1.81. The van der Waals surface area contributed by atoms with Crippen molar-refractivity contribution in [2.75, 3.05) is 14.2 Å². The Morgan fingerprint density at radius 2 is 1.80 bits per heavy atom. The van der Waals surface area contributed by atoms with E-state index in [1.54, 1.807) is 19.1 Å². The number of carbonyl (C=O) groups excluding carboxylic acids is 1. The van der Waals surface area contributed by atoms with E-state index in [4.69, 9.17) is 4.74 Å². The minimum absolute atomic E-state index is 0.165. The summed E-state index contributed by atoms with van der Waals surface area (Å²) in [6.07, 6.45) is 0. The van der Waals surface area contributed by atoms with Gasteiger partial charge in [0, 0.05) is 18.1 Å². The maximum absolute atomic E-state index is 13.2. The molecule has 0 fully saturated rings. The Morgan fingerprint density at radius 3 is 2.52 bits per heavy atom. The molecule has 0 unspecified atom stereocenters. The van der Waals surface area contributed by atoms with Gasteiger partial charge in [0.1, 0.15) is 11.6 Å². The molecule has 0 bridgehead atoms. The van der Waals surface area contributed by atoms with Crippen LogP contribution in [0.3, 0.4) is 0 Å². The number of methoxy groups -OCH3 is 1. The summed E-state index contributed by atoms with van der Waals surface area (Å²) < 4.78 is 18.9. The van der Waals surface area contributed by atoms with E-state index >= 15 is 0 Å². The number of carbonyl (C=O) groups is 1. The SMILES string of the molecule is COc1ccc2cc(CN(C)C(=O)c3ccc(F)cc3Br)ccc2c1. The van der Waals surface area contributed by atoms with Gasteiger partial charge < -0.3 is 9.64 Å². The first kappa shape index (κ1) is 17.4. The summed E-state index contributed by atoms with van der Waals surface area (Å²) in [5.74, 6) is 0.270. The highest BCUT2D eigenvalue weighted by Crippen LogP contribution is 2.23. The van der Waals surface area contributed by atoms with Gasteiger partial charge in [-0.15, -0.1) is 0 Å². The van der Waals surface area contributed by atoms with E-state index in [0.29, 0.717) is 16.6 Å². The first-order chi connectivity index (χ1) is 12.0. The molecule has 25 heavy (non-hydrogen) atoms. The van der Waals surface area contributed by atoms with E-state index in [1.165, 1.54) is 18.2 Å². The van der Waals surface area contributed by atoms with E-state index in [0.717, 1.165) is 22.1 Å². The normalized spacial score (nSPS) is 10.7. The van der Waals surface area contributed by atoms with E-state index in [2.05, 4.69) is 22.0 Å². The molecule has 3 aromatic carbocycles. The zero-order valence-corrected chi connectivity index (χ0v) is 15.5. The molecular weight excluding hydrogens is 385 g/mol. The van der Waals surface area contributed by atoms with Crippen LogP contribution in [0.2, 0.25) is 0 Å². The largest absolute Gasteiger partial charge is 0.497 e. The van der Waals surface area contributed by atoms with Crippen LogP contribution in [-0.4, -0.2) is 25.0 Å². The number of benzene rings is 3. The van der Waals surface area contributed by atoms with Crippen molar-refractivity contribution in [3.05, 3.63) is 76.0 Å². The molecule has 0 saturated heterocycles. The first-order valence-corrected chi connectivity index (χ1v) is 8.54. The van der Waals surface area contributed by atoms with Crippen molar-refractivity contribution in [2.45, 2.75) is 6.54 Å². The first-order valence-electron chi connectivity index (χ1n) is 7.75.